The minimum atomic E-state index is -0.0359. The van der Waals surface area contributed by atoms with Crippen molar-refractivity contribution in [1.82, 2.24) is 0 Å². The zero-order chi connectivity index (χ0) is 14.1. The summed E-state index contributed by atoms with van der Waals surface area (Å²) < 4.78 is 0. The summed E-state index contributed by atoms with van der Waals surface area (Å²) in [5.74, 6) is 0.359. The second kappa shape index (κ2) is 5.77. The highest BCUT2D eigenvalue weighted by Gasteiger charge is 2.26. The molecule has 0 spiro atoms. The van der Waals surface area contributed by atoms with Gasteiger partial charge in [-0.3, -0.25) is 0 Å². The summed E-state index contributed by atoms with van der Waals surface area (Å²) >= 11 is 12.1. The molecule has 2 atom stereocenters. The molecule has 0 aliphatic heterocycles. The van der Waals surface area contributed by atoms with E-state index in [4.69, 9.17) is 28.9 Å². The molecule has 0 radical (unpaired) electrons. The van der Waals surface area contributed by atoms with Gasteiger partial charge in [-0.05, 0) is 48.1 Å². The Morgan fingerprint density at radius 2 is 1.85 bits per heavy atom. The van der Waals surface area contributed by atoms with Gasteiger partial charge in [-0.15, -0.1) is 0 Å². The van der Waals surface area contributed by atoms with Crippen LogP contribution in [0.25, 0.3) is 0 Å². The normalized spacial score (nSPS) is 19.4. The van der Waals surface area contributed by atoms with Crippen molar-refractivity contribution in [3.05, 3.63) is 69.2 Å². The van der Waals surface area contributed by atoms with E-state index in [1.165, 1.54) is 17.5 Å². The standard InChI is InChI=1S/C17H17Cl2N/c18-15-9-8-12(10-16(15)19)17(20)14-7-3-5-11-4-1-2-6-13(11)14/h1-2,4,6,8-10,14,17H,3,5,7,20H2. The lowest BCUT2D eigenvalue weighted by Crippen LogP contribution is -2.23. The summed E-state index contributed by atoms with van der Waals surface area (Å²) in [5, 5.41) is 1.15. The molecular formula is C17H17Cl2N. The fourth-order valence-electron chi connectivity index (χ4n) is 3.12. The molecule has 0 saturated heterocycles. The maximum Gasteiger partial charge on any atom is 0.0595 e. The number of halogens is 2. The molecule has 0 fully saturated rings. The first kappa shape index (κ1) is 13.9. The van der Waals surface area contributed by atoms with Crippen molar-refractivity contribution in [2.75, 3.05) is 0 Å². The first-order chi connectivity index (χ1) is 9.66. The van der Waals surface area contributed by atoms with Gasteiger partial charge in [0.1, 0.15) is 0 Å². The first-order valence-corrected chi connectivity index (χ1v) is 7.71. The average Bonchev–Trinajstić information content (AvgIpc) is 2.49. The predicted molar refractivity (Wildman–Crippen MR) is 85.5 cm³/mol. The number of benzene rings is 2. The van der Waals surface area contributed by atoms with Crippen LogP contribution in [0.1, 0.15) is 41.5 Å². The summed E-state index contributed by atoms with van der Waals surface area (Å²) in [5.41, 5.74) is 10.4. The third-order valence-corrected chi connectivity index (χ3v) is 4.92. The van der Waals surface area contributed by atoms with Gasteiger partial charge in [0.25, 0.3) is 0 Å². The van der Waals surface area contributed by atoms with E-state index in [9.17, 15) is 0 Å². The molecule has 0 bridgehead atoms. The molecule has 2 aromatic carbocycles. The number of fused-ring (bicyclic) bond motifs is 1. The molecule has 0 heterocycles. The molecule has 0 aromatic heterocycles. The fourth-order valence-corrected chi connectivity index (χ4v) is 3.42. The molecule has 0 amide bonds. The van der Waals surface area contributed by atoms with Crippen LogP contribution in [-0.4, -0.2) is 0 Å². The van der Waals surface area contributed by atoms with E-state index in [0.717, 1.165) is 18.4 Å². The molecule has 3 heteroatoms. The van der Waals surface area contributed by atoms with Crippen molar-refractivity contribution in [3.63, 3.8) is 0 Å². The smallest absolute Gasteiger partial charge is 0.0595 e. The second-order valence-electron chi connectivity index (χ2n) is 5.40. The Morgan fingerprint density at radius 3 is 2.65 bits per heavy atom. The highest BCUT2D eigenvalue weighted by atomic mass is 35.5. The molecule has 104 valence electrons. The minimum absolute atomic E-state index is 0.0359. The molecule has 1 nitrogen and oxygen atoms in total. The molecule has 2 unspecified atom stereocenters. The number of hydrogen-bond donors (Lipinski definition) is 1. The van der Waals surface area contributed by atoms with Crippen LogP contribution in [0, 0.1) is 0 Å². The van der Waals surface area contributed by atoms with Crippen molar-refractivity contribution in [1.29, 1.82) is 0 Å². The van der Waals surface area contributed by atoms with Crippen molar-refractivity contribution in [3.8, 4) is 0 Å². The van der Waals surface area contributed by atoms with E-state index in [1.54, 1.807) is 0 Å². The largest absolute Gasteiger partial charge is 0.323 e. The number of nitrogens with two attached hydrogens (primary N) is 1. The minimum Gasteiger partial charge on any atom is -0.323 e. The lowest BCUT2D eigenvalue weighted by Gasteiger charge is -2.30. The Hall–Kier alpha value is -1.02. The number of aryl methyl sites for hydroxylation is 1. The quantitative estimate of drug-likeness (QED) is 0.819. The fraction of sp³-hybridized carbons (Fsp3) is 0.294. The van der Waals surface area contributed by atoms with Crippen LogP contribution >= 0.6 is 23.2 Å². The van der Waals surface area contributed by atoms with Gasteiger partial charge in [-0.25, -0.2) is 0 Å². The Balaban J connectivity index is 1.95. The van der Waals surface area contributed by atoms with E-state index in [2.05, 4.69) is 24.3 Å². The van der Waals surface area contributed by atoms with Crippen LogP contribution in [0.2, 0.25) is 10.0 Å². The van der Waals surface area contributed by atoms with Crippen LogP contribution in [0.4, 0.5) is 0 Å². The lowest BCUT2D eigenvalue weighted by molar-refractivity contribution is 0.474. The zero-order valence-corrected chi connectivity index (χ0v) is 12.7. The van der Waals surface area contributed by atoms with Crippen molar-refractivity contribution in [2.24, 2.45) is 5.73 Å². The first-order valence-electron chi connectivity index (χ1n) is 6.95. The summed E-state index contributed by atoms with van der Waals surface area (Å²) in [7, 11) is 0. The van der Waals surface area contributed by atoms with Gasteiger partial charge in [0.2, 0.25) is 0 Å². The van der Waals surface area contributed by atoms with Crippen LogP contribution < -0.4 is 5.73 Å². The van der Waals surface area contributed by atoms with Crippen molar-refractivity contribution >= 4 is 23.2 Å². The van der Waals surface area contributed by atoms with E-state index in [0.29, 0.717) is 16.0 Å². The lowest BCUT2D eigenvalue weighted by atomic mass is 9.77. The Morgan fingerprint density at radius 1 is 1.05 bits per heavy atom. The summed E-state index contributed by atoms with van der Waals surface area (Å²) in [4.78, 5) is 0. The van der Waals surface area contributed by atoms with Gasteiger partial charge in [-0.1, -0.05) is 53.5 Å². The summed E-state index contributed by atoms with van der Waals surface area (Å²) in [6, 6.07) is 14.3. The molecule has 0 saturated carbocycles. The van der Waals surface area contributed by atoms with Crippen LogP contribution in [0.15, 0.2) is 42.5 Å². The summed E-state index contributed by atoms with van der Waals surface area (Å²) in [6.45, 7) is 0. The molecule has 1 aliphatic carbocycles. The molecule has 2 N–H and O–H groups in total. The van der Waals surface area contributed by atoms with E-state index < -0.39 is 0 Å². The van der Waals surface area contributed by atoms with Gasteiger partial charge in [-0.2, -0.15) is 0 Å². The molecular weight excluding hydrogens is 289 g/mol. The van der Waals surface area contributed by atoms with Crippen LogP contribution in [-0.2, 0) is 6.42 Å². The monoisotopic (exact) mass is 305 g/mol. The van der Waals surface area contributed by atoms with E-state index in [-0.39, 0.29) is 6.04 Å². The highest BCUT2D eigenvalue weighted by Crippen LogP contribution is 2.40. The second-order valence-corrected chi connectivity index (χ2v) is 6.21. The Bertz CT molecular complexity index is 624. The van der Waals surface area contributed by atoms with Gasteiger partial charge in [0.05, 0.1) is 10.0 Å². The van der Waals surface area contributed by atoms with Gasteiger partial charge < -0.3 is 5.73 Å². The van der Waals surface area contributed by atoms with Crippen LogP contribution in [0.3, 0.4) is 0 Å². The maximum atomic E-state index is 6.50. The molecule has 1 aliphatic rings. The van der Waals surface area contributed by atoms with Gasteiger partial charge in [0, 0.05) is 12.0 Å². The van der Waals surface area contributed by atoms with E-state index in [1.807, 2.05) is 18.2 Å². The third kappa shape index (κ3) is 2.58. The topological polar surface area (TPSA) is 26.0 Å². The molecule has 20 heavy (non-hydrogen) atoms. The predicted octanol–water partition coefficient (Wildman–Crippen LogP) is 5.11. The maximum absolute atomic E-state index is 6.50. The molecule has 2 aromatic rings. The Kier molecular flexibility index (Phi) is 4.02. The zero-order valence-electron chi connectivity index (χ0n) is 11.2. The number of hydrogen-bond acceptors (Lipinski definition) is 1. The number of rotatable bonds is 2. The van der Waals surface area contributed by atoms with Crippen molar-refractivity contribution in [2.45, 2.75) is 31.2 Å². The van der Waals surface area contributed by atoms with E-state index >= 15 is 0 Å². The summed E-state index contributed by atoms with van der Waals surface area (Å²) in [6.07, 6.45) is 3.47. The highest BCUT2D eigenvalue weighted by molar-refractivity contribution is 6.42. The Labute approximate surface area is 129 Å². The molecule has 3 rings (SSSR count). The van der Waals surface area contributed by atoms with Gasteiger partial charge >= 0.3 is 0 Å². The van der Waals surface area contributed by atoms with Gasteiger partial charge in [0.15, 0.2) is 0 Å². The SMILES string of the molecule is NC(c1ccc(Cl)c(Cl)c1)C1CCCc2ccccc21. The van der Waals surface area contributed by atoms with Crippen molar-refractivity contribution < 1.29 is 0 Å². The third-order valence-electron chi connectivity index (χ3n) is 4.18. The van der Waals surface area contributed by atoms with Crippen LogP contribution in [0.5, 0.6) is 0 Å². The average molecular weight is 306 g/mol.